The van der Waals surface area contributed by atoms with Gasteiger partial charge in [0.2, 0.25) is 0 Å². The summed E-state index contributed by atoms with van der Waals surface area (Å²) in [4.78, 5) is 0. The first kappa shape index (κ1) is 15.3. The van der Waals surface area contributed by atoms with Crippen molar-refractivity contribution in [3.05, 3.63) is 62.8 Å². The molecule has 1 atom stereocenters. The van der Waals surface area contributed by atoms with Crippen molar-refractivity contribution in [1.82, 2.24) is 5.32 Å². The molecule has 0 bridgehead atoms. The minimum absolute atomic E-state index is 0.186. The van der Waals surface area contributed by atoms with E-state index in [2.05, 4.69) is 21.2 Å². The van der Waals surface area contributed by atoms with Gasteiger partial charge in [0, 0.05) is 10.0 Å². The van der Waals surface area contributed by atoms with Crippen molar-refractivity contribution < 1.29 is 9.13 Å². The number of hydrogen-bond donors (Lipinski definition) is 1. The minimum Gasteiger partial charge on any atom is -0.496 e. The summed E-state index contributed by atoms with van der Waals surface area (Å²) in [6.07, 6.45) is 0. The van der Waals surface area contributed by atoms with Crippen molar-refractivity contribution in [3.63, 3.8) is 0 Å². The normalized spacial score (nSPS) is 12.2. The third-order valence-electron chi connectivity index (χ3n) is 3.07. The molecule has 0 saturated carbocycles. The summed E-state index contributed by atoms with van der Waals surface area (Å²) >= 11 is 9.41. The van der Waals surface area contributed by atoms with Gasteiger partial charge >= 0.3 is 0 Å². The molecule has 5 heteroatoms. The number of methoxy groups -OCH3 is 1. The third-order valence-corrected chi connectivity index (χ3v) is 4.28. The molecule has 2 rings (SSSR count). The fourth-order valence-electron chi connectivity index (χ4n) is 2.12. The van der Waals surface area contributed by atoms with E-state index in [0.717, 1.165) is 15.6 Å². The van der Waals surface area contributed by atoms with Crippen LogP contribution in [0, 0.1) is 5.82 Å². The lowest BCUT2D eigenvalue weighted by Gasteiger charge is -2.20. The molecule has 2 aromatic rings. The van der Waals surface area contributed by atoms with Crippen molar-refractivity contribution in [2.45, 2.75) is 6.04 Å². The molecule has 0 amide bonds. The molecule has 0 aliphatic heterocycles. The zero-order chi connectivity index (χ0) is 14.7. The first-order chi connectivity index (χ1) is 9.56. The smallest absolute Gasteiger partial charge is 0.124 e. The van der Waals surface area contributed by atoms with Gasteiger partial charge in [0.25, 0.3) is 0 Å². The molecular weight excluding hydrogens is 345 g/mol. The van der Waals surface area contributed by atoms with Crippen LogP contribution in [0.1, 0.15) is 17.2 Å². The van der Waals surface area contributed by atoms with E-state index < -0.39 is 0 Å². The van der Waals surface area contributed by atoms with E-state index in [0.29, 0.717) is 10.8 Å². The minimum atomic E-state index is -0.297. The molecule has 0 aliphatic carbocycles. The van der Waals surface area contributed by atoms with E-state index in [1.54, 1.807) is 19.2 Å². The Hall–Kier alpha value is -1.10. The van der Waals surface area contributed by atoms with Gasteiger partial charge in [-0.1, -0.05) is 17.7 Å². The standard InChI is InChI=1S/C15H14BrClFNO/c1-19-15(9-3-5-13(17)12(16)7-9)11-8-10(18)4-6-14(11)20-2/h3-8,15,19H,1-2H3. The Morgan fingerprint density at radius 2 is 2.00 bits per heavy atom. The summed E-state index contributed by atoms with van der Waals surface area (Å²) in [6, 6.07) is 9.91. The Kier molecular flexibility index (Phi) is 5.02. The van der Waals surface area contributed by atoms with Gasteiger partial charge in [-0.25, -0.2) is 4.39 Å². The van der Waals surface area contributed by atoms with Gasteiger partial charge in [0.15, 0.2) is 0 Å². The molecule has 0 aromatic heterocycles. The van der Waals surface area contributed by atoms with Crippen LogP contribution in [0.15, 0.2) is 40.9 Å². The van der Waals surface area contributed by atoms with Gasteiger partial charge in [0.1, 0.15) is 11.6 Å². The molecule has 2 nitrogen and oxygen atoms in total. The van der Waals surface area contributed by atoms with Crippen molar-refractivity contribution in [3.8, 4) is 5.75 Å². The van der Waals surface area contributed by atoms with Gasteiger partial charge in [0.05, 0.1) is 18.2 Å². The van der Waals surface area contributed by atoms with Crippen LogP contribution in [0.4, 0.5) is 4.39 Å². The number of ether oxygens (including phenoxy) is 1. The lowest BCUT2D eigenvalue weighted by atomic mass is 9.98. The molecule has 20 heavy (non-hydrogen) atoms. The highest BCUT2D eigenvalue weighted by Crippen LogP contribution is 2.33. The first-order valence-electron chi connectivity index (χ1n) is 6.02. The Morgan fingerprint density at radius 1 is 1.25 bits per heavy atom. The number of halogens is 3. The summed E-state index contributed by atoms with van der Waals surface area (Å²) in [5.74, 6) is 0.339. The summed E-state index contributed by atoms with van der Waals surface area (Å²) in [7, 11) is 3.39. The van der Waals surface area contributed by atoms with Crippen LogP contribution in [0.3, 0.4) is 0 Å². The molecule has 0 fully saturated rings. The highest BCUT2D eigenvalue weighted by molar-refractivity contribution is 9.10. The monoisotopic (exact) mass is 357 g/mol. The fourth-order valence-corrected chi connectivity index (χ4v) is 2.64. The quantitative estimate of drug-likeness (QED) is 0.865. The van der Waals surface area contributed by atoms with Gasteiger partial charge in [-0.2, -0.15) is 0 Å². The largest absolute Gasteiger partial charge is 0.496 e. The maximum absolute atomic E-state index is 13.5. The summed E-state index contributed by atoms with van der Waals surface area (Å²) in [6.45, 7) is 0. The van der Waals surface area contributed by atoms with Crippen LogP contribution in [0.5, 0.6) is 5.75 Å². The van der Waals surface area contributed by atoms with E-state index in [-0.39, 0.29) is 11.9 Å². The Labute approximate surface area is 131 Å². The Morgan fingerprint density at radius 3 is 2.60 bits per heavy atom. The van der Waals surface area contributed by atoms with Crippen molar-refractivity contribution in [1.29, 1.82) is 0 Å². The molecular formula is C15H14BrClFNO. The van der Waals surface area contributed by atoms with Crippen LogP contribution in [-0.4, -0.2) is 14.2 Å². The zero-order valence-corrected chi connectivity index (χ0v) is 13.4. The molecule has 1 N–H and O–H groups in total. The topological polar surface area (TPSA) is 21.3 Å². The van der Waals surface area contributed by atoms with Gasteiger partial charge < -0.3 is 10.1 Å². The predicted molar refractivity (Wildman–Crippen MR) is 83.0 cm³/mol. The van der Waals surface area contributed by atoms with E-state index in [1.165, 1.54) is 12.1 Å². The summed E-state index contributed by atoms with van der Waals surface area (Å²) in [5, 5.41) is 3.81. The maximum atomic E-state index is 13.5. The second kappa shape index (κ2) is 6.57. The molecule has 2 aromatic carbocycles. The first-order valence-corrected chi connectivity index (χ1v) is 7.19. The Bertz CT molecular complexity index is 621. The molecule has 0 saturated heterocycles. The molecule has 0 heterocycles. The molecule has 1 unspecified atom stereocenters. The molecule has 0 radical (unpaired) electrons. The SMILES string of the molecule is CNC(c1ccc(Cl)c(Br)c1)c1cc(F)ccc1OC. The van der Waals surface area contributed by atoms with Crippen molar-refractivity contribution in [2.24, 2.45) is 0 Å². The van der Waals surface area contributed by atoms with Crippen LogP contribution in [0.2, 0.25) is 5.02 Å². The van der Waals surface area contributed by atoms with Crippen LogP contribution < -0.4 is 10.1 Å². The lowest BCUT2D eigenvalue weighted by Crippen LogP contribution is -2.18. The van der Waals surface area contributed by atoms with Gasteiger partial charge in [-0.15, -0.1) is 0 Å². The van der Waals surface area contributed by atoms with Crippen LogP contribution in [-0.2, 0) is 0 Å². The average molecular weight is 359 g/mol. The van der Waals surface area contributed by atoms with Crippen LogP contribution in [0.25, 0.3) is 0 Å². The number of nitrogens with one attached hydrogen (secondary N) is 1. The average Bonchev–Trinajstić information content (AvgIpc) is 2.44. The molecule has 106 valence electrons. The van der Waals surface area contributed by atoms with Crippen LogP contribution >= 0.6 is 27.5 Å². The third kappa shape index (κ3) is 3.14. The number of hydrogen-bond acceptors (Lipinski definition) is 2. The fraction of sp³-hybridized carbons (Fsp3) is 0.200. The molecule has 0 spiro atoms. The number of rotatable bonds is 4. The Balaban J connectivity index is 2.51. The highest BCUT2D eigenvalue weighted by Gasteiger charge is 2.18. The van der Waals surface area contributed by atoms with E-state index >= 15 is 0 Å². The second-order valence-corrected chi connectivity index (χ2v) is 5.54. The number of benzene rings is 2. The lowest BCUT2D eigenvalue weighted by molar-refractivity contribution is 0.404. The van der Waals surface area contributed by atoms with Gasteiger partial charge in [-0.3, -0.25) is 0 Å². The second-order valence-electron chi connectivity index (χ2n) is 4.28. The highest BCUT2D eigenvalue weighted by atomic mass is 79.9. The van der Waals surface area contributed by atoms with Gasteiger partial charge in [-0.05, 0) is 58.9 Å². The van der Waals surface area contributed by atoms with E-state index in [4.69, 9.17) is 16.3 Å². The zero-order valence-electron chi connectivity index (χ0n) is 11.1. The van der Waals surface area contributed by atoms with E-state index in [9.17, 15) is 4.39 Å². The summed E-state index contributed by atoms with van der Waals surface area (Å²) < 4.78 is 19.6. The van der Waals surface area contributed by atoms with E-state index in [1.807, 2.05) is 19.2 Å². The summed E-state index contributed by atoms with van der Waals surface area (Å²) in [5.41, 5.74) is 1.71. The maximum Gasteiger partial charge on any atom is 0.124 e. The van der Waals surface area contributed by atoms with Crippen molar-refractivity contribution in [2.75, 3.05) is 14.2 Å². The molecule has 0 aliphatic rings. The van der Waals surface area contributed by atoms with Crippen molar-refractivity contribution >= 4 is 27.5 Å². The predicted octanol–water partition coefficient (Wildman–Crippen LogP) is 4.56.